The Morgan fingerprint density at radius 1 is 1.33 bits per heavy atom. The normalized spacial score (nSPS) is 28.6. The van der Waals surface area contributed by atoms with E-state index in [1.54, 1.807) is 0 Å². The van der Waals surface area contributed by atoms with Crippen LogP contribution < -0.4 is 4.74 Å². The van der Waals surface area contributed by atoms with Crippen LogP contribution in [0.15, 0.2) is 18.2 Å². The minimum absolute atomic E-state index is 0.0861. The molecule has 18 heavy (non-hydrogen) atoms. The molecular weight excluding hydrogens is 228 g/mol. The van der Waals surface area contributed by atoms with Crippen molar-refractivity contribution in [1.29, 1.82) is 0 Å². The second-order valence-electron chi connectivity index (χ2n) is 5.29. The molecule has 3 rings (SSSR count). The number of aryl methyl sites for hydroxylation is 1. The fraction of sp³-hybridized carbons (Fsp3) is 0.600. The molecule has 1 aromatic carbocycles. The molecule has 1 N–H and O–H groups in total. The van der Waals surface area contributed by atoms with Gasteiger partial charge in [-0.15, -0.1) is 0 Å². The number of para-hydroxylation sites is 1. The van der Waals surface area contributed by atoms with Crippen LogP contribution in [-0.2, 0) is 11.2 Å². The standard InChI is InChI=1S/C15H20O3/c1-10-7-8-13(18-10)14(16)12-6-2-4-11-5-3-9-17-15(11)12/h2,4,6,10,13-14,16H,3,5,7-9H2,1H3. The van der Waals surface area contributed by atoms with Gasteiger partial charge in [0.1, 0.15) is 11.9 Å². The lowest BCUT2D eigenvalue weighted by Gasteiger charge is -2.25. The summed E-state index contributed by atoms with van der Waals surface area (Å²) in [5, 5.41) is 10.5. The lowest BCUT2D eigenvalue weighted by atomic mass is 9.96. The minimum Gasteiger partial charge on any atom is -0.493 e. The van der Waals surface area contributed by atoms with Gasteiger partial charge in [0, 0.05) is 5.56 Å². The van der Waals surface area contributed by atoms with Gasteiger partial charge in [0.25, 0.3) is 0 Å². The average Bonchev–Trinajstić information content (AvgIpc) is 2.84. The first-order chi connectivity index (χ1) is 8.75. The zero-order chi connectivity index (χ0) is 12.5. The molecule has 0 aromatic heterocycles. The molecule has 0 saturated carbocycles. The Balaban J connectivity index is 1.87. The number of aliphatic hydroxyl groups excluding tert-OH is 1. The summed E-state index contributed by atoms with van der Waals surface area (Å²) >= 11 is 0. The van der Waals surface area contributed by atoms with Crippen molar-refractivity contribution in [3.8, 4) is 5.75 Å². The fourth-order valence-electron chi connectivity index (χ4n) is 2.91. The summed E-state index contributed by atoms with van der Waals surface area (Å²) in [6, 6.07) is 6.05. The van der Waals surface area contributed by atoms with Crippen molar-refractivity contribution in [3.63, 3.8) is 0 Å². The largest absolute Gasteiger partial charge is 0.493 e. The van der Waals surface area contributed by atoms with E-state index in [0.717, 1.165) is 43.6 Å². The van der Waals surface area contributed by atoms with Gasteiger partial charge in [-0.25, -0.2) is 0 Å². The third-order valence-corrected chi connectivity index (χ3v) is 3.90. The smallest absolute Gasteiger partial charge is 0.128 e. The van der Waals surface area contributed by atoms with Crippen LogP contribution in [0.25, 0.3) is 0 Å². The molecule has 3 atom stereocenters. The Labute approximate surface area is 108 Å². The molecule has 0 bridgehead atoms. The summed E-state index contributed by atoms with van der Waals surface area (Å²) in [4.78, 5) is 0. The highest BCUT2D eigenvalue weighted by atomic mass is 16.5. The van der Waals surface area contributed by atoms with Crippen LogP contribution in [0, 0.1) is 0 Å². The van der Waals surface area contributed by atoms with Crippen LogP contribution in [0.1, 0.15) is 43.4 Å². The van der Waals surface area contributed by atoms with E-state index in [9.17, 15) is 5.11 Å². The topological polar surface area (TPSA) is 38.7 Å². The lowest BCUT2D eigenvalue weighted by molar-refractivity contribution is -0.0308. The van der Waals surface area contributed by atoms with Crippen molar-refractivity contribution in [2.24, 2.45) is 0 Å². The van der Waals surface area contributed by atoms with Gasteiger partial charge in [0.15, 0.2) is 0 Å². The molecular formula is C15H20O3. The molecule has 1 aromatic rings. The molecule has 0 aliphatic carbocycles. The number of aliphatic hydroxyl groups is 1. The summed E-state index contributed by atoms with van der Waals surface area (Å²) in [7, 11) is 0. The van der Waals surface area contributed by atoms with E-state index < -0.39 is 6.10 Å². The minimum atomic E-state index is -0.567. The molecule has 1 fully saturated rings. The zero-order valence-electron chi connectivity index (χ0n) is 10.8. The van der Waals surface area contributed by atoms with Crippen molar-refractivity contribution < 1.29 is 14.6 Å². The van der Waals surface area contributed by atoms with Crippen LogP contribution in [0.2, 0.25) is 0 Å². The average molecular weight is 248 g/mol. The van der Waals surface area contributed by atoms with Crippen molar-refractivity contribution >= 4 is 0 Å². The molecule has 98 valence electrons. The SMILES string of the molecule is CC1CCC(C(O)c2cccc3c2OCCC3)O1. The Morgan fingerprint density at radius 3 is 3.00 bits per heavy atom. The summed E-state index contributed by atoms with van der Waals surface area (Å²) in [5.74, 6) is 0.888. The van der Waals surface area contributed by atoms with E-state index in [1.165, 1.54) is 5.56 Å². The maximum Gasteiger partial charge on any atom is 0.128 e. The van der Waals surface area contributed by atoms with E-state index in [-0.39, 0.29) is 12.2 Å². The number of hydrogen-bond donors (Lipinski definition) is 1. The Hall–Kier alpha value is -1.06. The van der Waals surface area contributed by atoms with Gasteiger partial charge >= 0.3 is 0 Å². The Morgan fingerprint density at radius 2 is 2.22 bits per heavy atom. The predicted molar refractivity (Wildman–Crippen MR) is 68.8 cm³/mol. The predicted octanol–water partition coefficient (Wildman–Crippen LogP) is 2.61. The molecule has 1 saturated heterocycles. The Bertz CT molecular complexity index is 430. The van der Waals surface area contributed by atoms with Crippen molar-refractivity contribution in [2.45, 2.75) is 50.9 Å². The number of ether oxygens (including phenoxy) is 2. The van der Waals surface area contributed by atoms with Gasteiger partial charge in [-0.1, -0.05) is 18.2 Å². The van der Waals surface area contributed by atoms with Gasteiger partial charge in [0.2, 0.25) is 0 Å². The highest BCUT2D eigenvalue weighted by Gasteiger charge is 2.31. The molecule has 2 heterocycles. The van der Waals surface area contributed by atoms with Crippen LogP contribution >= 0.6 is 0 Å². The van der Waals surface area contributed by atoms with Crippen LogP contribution in [-0.4, -0.2) is 23.9 Å². The number of rotatable bonds is 2. The molecule has 3 unspecified atom stereocenters. The van der Waals surface area contributed by atoms with Crippen LogP contribution in [0.5, 0.6) is 5.75 Å². The van der Waals surface area contributed by atoms with E-state index in [0.29, 0.717) is 0 Å². The van der Waals surface area contributed by atoms with Gasteiger partial charge in [-0.2, -0.15) is 0 Å². The van der Waals surface area contributed by atoms with E-state index in [2.05, 4.69) is 13.0 Å². The molecule has 0 radical (unpaired) electrons. The van der Waals surface area contributed by atoms with Gasteiger partial charge in [-0.3, -0.25) is 0 Å². The maximum absolute atomic E-state index is 10.5. The maximum atomic E-state index is 10.5. The molecule has 2 aliphatic rings. The molecule has 3 nitrogen and oxygen atoms in total. The molecule has 0 spiro atoms. The summed E-state index contributed by atoms with van der Waals surface area (Å²) < 4.78 is 11.5. The van der Waals surface area contributed by atoms with Crippen molar-refractivity contribution in [2.75, 3.05) is 6.61 Å². The first kappa shape index (κ1) is 12.0. The van der Waals surface area contributed by atoms with Crippen molar-refractivity contribution in [1.82, 2.24) is 0 Å². The highest BCUT2D eigenvalue weighted by molar-refractivity contribution is 5.44. The van der Waals surface area contributed by atoms with Gasteiger partial charge in [0.05, 0.1) is 18.8 Å². The third kappa shape index (κ3) is 2.13. The van der Waals surface area contributed by atoms with Crippen LogP contribution in [0.4, 0.5) is 0 Å². The van der Waals surface area contributed by atoms with E-state index >= 15 is 0 Å². The third-order valence-electron chi connectivity index (χ3n) is 3.90. The van der Waals surface area contributed by atoms with Gasteiger partial charge in [-0.05, 0) is 38.2 Å². The fourth-order valence-corrected chi connectivity index (χ4v) is 2.91. The first-order valence-corrected chi connectivity index (χ1v) is 6.84. The lowest BCUT2D eigenvalue weighted by Crippen LogP contribution is -2.21. The second kappa shape index (κ2) is 4.90. The molecule has 0 amide bonds. The van der Waals surface area contributed by atoms with Gasteiger partial charge < -0.3 is 14.6 Å². The first-order valence-electron chi connectivity index (χ1n) is 6.84. The Kier molecular flexibility index (Phi) is 3.27. The monoisotopic (exact) mass is 248 g/mol. The number of benzene rings is 1. The highest BCUT2D eigenvalue weighted by Crippen LogP contribution is 2.37. The second-order valence-corrected chi connectivity index (χ2v) is 5.29. The van der Waals surface area contributed by atoms with E-state index in [4.69, 9.17) is 9.47 Å². The van der Waals surface area contributed by atoms with E-state index in [1.807, 2.05) is 12.1 Å². The number of hydrogen-bond acceptors (Lipinski definition) is 3. The quantitative estimate of drug-likeness (QED) is 0.874. The summed E-state index contributed by atoms with van der Waals surface area (Å²) in [5.41, 5.74) is 2.11. The summed E-state index contributed by atoms with van der Waals surface area (Å²) in [6.07, 6.45) is 3.65. The number of fused-ring (bicyclic) bond motifs is 1. The zero-order valence-corrected chi connectivity index (χ0v) is 10.8. The molecule has 3 heteroatoms. The van der Waals surface area contributed by atoms with Crippen molar-refractivity contribution in [3.05, 3.63) is 29.3 Å². The summed E-state index contributed by atoms with van der Waals surface area (Å²) in [6.45, 7) is 2.81. The van der Waals surface area contributed by atoms with Crippen LogP contribution in [0.3, 0.4) is 0 Å². The molecule has 2 aliphatic heterocycles.